The fourth-order valence-electron chi connectivity index (χ4n) is 1.23. The van der Waals surface area contributed by atoms with Crippen LogP contribution >= 0.6 is 11.8 Å². The maximum atomic E-state index is 11.3. The zero-order chi connectivity index (χ0) is 11.5. The van der Waals surface area contributed by atoms with Gasteiger partial charge in [0.2, 0.25) is 0 Å². The van der Waals surface area contributed by atoms with Gasteiger partial charge >= 0.3 is 0 Å². The number of nitriles is 1. The topological polar surface area (TPSA) is 79.2 Å². The Kier molecular flexibility index (Phi) is 2.75. The van der Waals surface area contributed by atoms with E-state index in [1.54, 1.807) is 30.3 Å². The maximum absolute atomic E-state index is 11.3. The van der Waals surface area contributed by atoms with Crippen LogP contribution in [0.15, 0.2) is 34.2 Å². The van der Waals surface area contributed by atoms with Crippen LogP contribution in [-0.4, -0.2) is 11.1 Å². The van der Waals surface area contributed by atoms with E-state index in [0.29, 0.717) is 10.5 Å². The average Bonchev–Trinajstić information content (AvgIpc) is 2.59. The number of nitrogens with two attached hydrogens (primary N) is 1. The number of carbonyl (C=O) groups is 1. The van der Waals surface area contributed by atoms with Crippen LogP contribution < -0.4 is 5.73 Å². The lowest BCUT2D eigenvalue weighted by atomic mass is 10.1. The summed E-state index contributed by atoms with van der Waals surface area (Å²) < 4.78 is 0. The second-order valence-electron chi connectivity index (χ2n) is 3.10. The molecule has 4 nitrogen and oxygen atoms in total. The van der Waals surface area contributed by atoms with Gasteiger partial charge in [-0.25, -0.2) is 0 Å². The van der Waals surface area contributed by atoms with E-state index in [1.807, 2.05) is 6.07 Å². The third-order valence-corrected chi connectivity index (χ3v) is 2.79. The number of carbonyl (C=O) groups excluding carboxylic acids is 1. The molecule has 1 aromatic carbocycles. The van der Waals surface area contributed by atoms with E-state index in [2.05, 4.69) is 4.99 Å². The molecule has 1 amide bonds. The monoisotopic (exact) mass is 229 g/mol. The molecule has 0 unspecified atom stereocenters. The Bertz CT molecular complexity index is 537. The number of benzene rings is 1. The Balaban J connectivity index is 2.25. The lowest BCUT2D eigenvalue weighted by Crippen LogP contribution is -2.01. The summed E-state index contributed by atoms with van der Waals surface area (Å²) in [5, 5.41) is 8.90. The molecule has 2 N–H and O–H groups in total. The predicted molar refractivity (Wildman–Crippen MR) is 63.4 cm³/mol. The first-order valence-corrected chi connectivity index (χ1v) is 5.29. The minimum atomic E-state index is -0.313. The lowest BCUT2D eigenvalue weighted by Gasteiger charge is -1.95. The van der Waals surface area contributed by atoms with Crippen molar-refractivity contribution in [2.45, 2.75) is 0 Å². The average molecular weight is 229 g/mol. The van der Waals surface area contributed by atoms with Crippen molar-refractivity contribution in [3.63, 3.8) is 0 Å². The van der Waals surface area contributed by atoms with Crippen LogP contribution in [0.4, 0.5) is 0 Å². The van der Waals surface area contributed by atoms with Gasteiger partial charge in [-0.2, -0.15) is 10.3 Å². The first-order chi connectivity index (χ1) is 7.69. The highest BCUT2D eigenvalue weighted by Gasteiger charge is 2.19. The minimum absolute atomic E-state index is 0.268. The highest BCUT2D eigenvalue weighted by atomic mass is 32.2. The van der Waals surface area contributed by atoms with Gasteiger partial charge in [0.05, 0.1) is 16.5 Å². The molecule has 1 aromatic rings. The second kappa shape index (κ2) is 4.21. The van der Waals surface area contributed by atoms with E-state index in [-0.39, 0.29) is 11.1 Å². The van der Waals surface area contributed by atoms with Gasteiger partial charge in [-0.1, -0.05) is 12.1 Å². The third-order valence-electron chi connectivity index (χ3n) is 1.97. The smallest absolute Gasteiger partial charge is 0.286 e. The summed E-state index contributed by atoms with van der Waals surface area (Å²) in [6.07, 6.45) is 1.71. The largest absolute Gasteiger partial charge is 0.378 e. The summed E-state index contributed by atoms with van der Waals surface area (Å²) in [5.41, 5.74) is 6.86. The Labute approximate surface area is 96.5 Å². The fourth-order valence-corrected chi connectivity index (χ4v) is 1.91. The van der Waals surface area contributed by atoms with Crippen molar-refractivity contribution in [3.8, 4) is 6.07 Å². The van der Waals surface area contributed by atoms with Crippen molar-refractivity contribution in [1.82, 2.24) is 0 Å². The Morgan fingerprint density at radius 2 is 2.06 bits per heavy atom. The van der Waals surface area contributed by atoms with Gasteiger partial charge in [-0.3, -0.25) is 4.79 Å². The molecule has 0 fully saturated rings. The molecule has 2 rings (SSSR count). The number of amides is 1. The molecule has 0 bridgehead atoms. The fraction of sp³-hybridized carbons (Fsp3) is 0. The van der Waals surface area contributed by atoms with E-state index < -0.39 is 0 Å². The minimum Gasteiger partial charge on any atom is -0.378 e. The predicted octanol–water partition coefficient (Wildman–Crippen LogP) is 1.49. The molecule has 0 aliphatic carbocycles. The molecule has 0 saturated heterocycles. The van der Waals surface area contributed by atoms with Crippen LogP contribution in [0.25, 0.3) is 6.08 Å². The number of amidine groups is 1. The normalized spacial score (nSPS) is 17.3. The number of aliphatic imine (C=N–C) groups is 1. The SMILES string of the molecule is N#Cc1ccc(/C=C2\SC(N)=NC2=O)cc1. The zero-order valence-electron chi connectivity index (χ0n) is 8.18. The highest BCUT2D eigenvalue weighted by molar-refractivity contribution is 8.18. The Hall–Kier alpha value is -2.06. The van der Waals surface area contributed by atoms with Crippen molar-refractivity contribution in [2.24, 2.45) is 10.7 Å². The number of thioether (sulfide) groups is 1. The summed E-state index contributed by atoms with van der Waals surface area (Å²) >= 11 is 1.15. The summed E-state index contributed by atoms with van der Waals surface area (Å²) in [5.74, 6) is -0.313. The number of rotatable bonds is 1. The molecular weight excluding hydrogens is 222 g/mol. The molecule has 1 aliphatic rings. The molecule has 0 aromatic heterocycles. The van der Waals surface area contributed by atoms with Gasteiger partial charge in [0.1, 0.15) is 0 Å². The quantitative estimate of drug-likeness (QED) is 0.740. The van der Waals surface area contributed by atoms with Crippen LogP contribution in [0, 0.1) is 11.3 Å². The van der Waals surface area contributed by atoms with Crippen LogP contribution in [0.2, 0.25) is 0 Å². The summed E-state index contributed by atoms with van der Waals surface area (Å²) in [4.78, 5) is 15.4. The summed E-state index contributed by atoms with van der Waals surface area (Å²) in [6, 6.07) is 8.96. The highest BCUT2D eigenvalue weighted by Crippen LogP contribution is 2.26. The van der Waals surface area contributed by atoms with Crippen molar-refractivity contribution in [3.05, 3.63) is 40.3 Å². The van der Waals surface area contributed by atoms with E-state index in [4.69, 9.17) is 11.0 Å². The molecule has 5 heteroatoms. The molecule has 1 aliphatic heterocycles. The van der Waals surface area contributed by atoms with Crippen LogP contribution in [-0.2, 0) is 4.79 Å². The molecular formula is C11H7N3OS. The molecule has 78 valence electrons. The standard InChI is InChI=1S/C11H7N3OS/c12-6-8-3-1-7(2-4-8)5-9-10(15)14-11(13)16-9/h1-5H,(H2,13,14,15)/b9-5-. The zero-order valence-corrected chi connectivity index (χ0v) is 8.99. The molecule has 0 saturated carbocycles. The van der Waals surface area contributed by atoms with Gasteiger partial charge in [0.25, 0.3) is 5.91 Å². The van der Waals surface area contributed by atoms with Gasteiger partial charge in [-0.15, -0.1) is 0 Å². The van der Waals surface area contributed by atoms with Gasteiger partial charge in [0, 0.05) is 0 Å². The van der Waals surface area contributed by atoms with Crippen LogP contribution in [0.1, 0.15) is 11.1 Å². The van der Waals surface area contributed by atoms with E-state index in [0.717, 1.165) is 17.3 Å². The first-order valence-electron chi connectivity index (χ1n) is 4.47. The molecule has 0 radical (unpaired) electrons. The molecule has 1 heterocycles. The number of hydrogen-bond donors (Lipinski definition) is 1. The van der Waals surface area contributed by atoms with Gasteiger partial charge in [-0.05, 0) is 35.5 Å². The van der Waals surface area contributed by atoms with Crippen LogP contribution in [0.3, 0.4) is 0 Å². The second-order valence-corrected chi connectivity index (χ2v) is 4.16. The lowest BCUT2D eigenvalue weighted by molar-refractivity contribution is -0.113. The summed E-state index contributed by atoms with van der Waals surface area (Å²) in [6.45, 7) is 0. The van der Waals surface area contributed by atoms with Gasteiger partial charge < -0.3 is 5.73 Å². The Morgan fingerprint density at radius 1 is 1.38 bits per heavy atom. The third kappa shape index (κ3) is 2.12. The Morgan fingerprint density at radius 3 is 2.56 bits per heavy atom. The van der Waals surface area contributed by atoms with E-state index in [1.165, 1.54) is 0 Å². The molecule has 0 spiro atoms. The van der Waals surface area contributed by atoms with E-state index in [9.17, 15) is 4.79 Å². The number of nitrogens with zero attached hydrogens (tertiary/aromatic N) is 2. The van der Waals surface area contributed by atoms with Crippen molar-refractivity contribution in [1.29, 1.82) is 5.26 Å². The van der Waals surface area contributed by atoms with Crippen molar-refractivity contribution in [2.75, 3.05) is 0 Å². The molecule has 0 atom stereocenters. The van der Waals surface area contributed by atoms with E-state index >= 15 is 0 Å². The number of hydrogen-bond acceptors (Lipinski definition) is 4. The molecule has 16 heavy (non-hydrogen) atoms. The van der Waals surface area contributed by atoms with Crippen LogP contribution in [0.5, 0.6) is 0 Å². The van der Waals surface area contributed by atoms with Gasteiger partial charge in [0.15, 0.2) is 5.17 Å². The van der Waals surface area contributed by atoms with Crippen molar-refractivity contribution >= 4 is 28.9 Å². The summed E-state index contributed by atoms with van der Waals surface area (Å²) in [7, 11) is 0. The first kappa shape index (κ1) is 10.5. The van der Waals surface area contributed by atoms with Crippen molar-refractivity contribution < 1.29 is 4.79 Å². The maximum Gasteiger partial charge on any atom is 0.286 e.